The lowest BCUT2D eigenvalue weighted by Gasteiger charge is -2.20. The minimum absolute atomic E-state index is 0.0817. The highest BCUT2D eigenvalue weighted by Gasteiger charge is 2.27. The van der Waals surface area contributed by atoms with Crippen LogP contribution in [0, 0.1) is 0 Å². The standard InChI is InChI=1S/C25H20N2O5/c1-14(28)17-4-2-3-5-18(17)16-7-8-19-20(11-16)21(25(32)27-24(19)31)13-26-12-15-6-9-22(29)23(30)10-15/h2-11,13,26,29-30H,12H2,1H3,(H,27,31,32)/b21-13+. The Morgan fingerprint density at radius 1 is 0.906 bits per heavy atom. The third kappa shape index (κ3) is 3.96. The van der Waals surface area contributed by atoms with Gasteiger partial charge in [-0.05, 0) is 47.9 Å². The Labute approximate surface area is 184 Å². The highest BCUT2D eigenvalue weighted by molar-refractivity contribution is 6.31. The highest BCUT2D eigenvalue weighted by Crippen LogP contribution is 2.31. The summed E-state index contributed by atoms with van der Waals surface area (Å²) in [7, 11) is 0. The molecule has 0 radical (unpaired) electrons. The van der Waals surface area contributed by atoms with Crippen LogP contribution < -0.4 is 10.6 Å². The number of nitrogens with one attached hydrogen (secondary N) is 2. The maximum absolute atomic E-state index is 12.6. The third-order valence-corrected chi connectivity index (χ3v) is 5.24. The molecular formula is C25H20N2O5. The van der Waals surface area contributed by atoms with Crippen LogP contribution in [0.25, 0.3) is 16.7 Å². The van der Waals surface area contributed by atoms with Crippen molar-refractivity contribution in [1.82, 2.24) is 10.6 Å². The van der Waals surface area contributed by atoms with Gasteiger partial charge in [-0.3, -0.25) is 19.7 Å². The first-order valence-electron chi connectivity index (χ1n) is 9.90. The zero-order chi connectivity index (χ0) is 22.8. The summed E-state index contributed by atoms with van der Waals surface area (Å²) in [4.78, 5) is 37.0. The summed E-state index contributed by atoms with van der Waals surface area (Å²) in [5, 5.41) is 24.4. The molecule has 4 N–H and O–H groups in total. The quantitative estimate of drug-likeness (QED) is 0.214. The van der Waals surface area contributed by atoms with E-state index in [2.05, 4.69) is 10.6 Å². The number of aromatic hydroxyl groups is 2. The monoisotopic (exact) mass is 428 g/mol. The van der Waals surface area contributed by atoms with Crippen molar-refractivity contribution < 1.29 is 24.6 Å². The second-order valence-electron chi connectivity index (χ2n) is 7.41. The average molecular weight is 428 g/mol. The second-order valence-corrected chi connectivity index (χ2v) is 7.41. The Hall–Kier alpha value is -4.39. The van der Waals surface area contributed by atoms with Gasteiger partial charge in [0.2, 0.25) is 0 Å². The lowest BCUT2D eigenvalue weighted by atomic mass is 9.89. The lowest BCUT2D eigenvalue weighted by Crippen LogP contribution is -2.37. The van der Waals surface area contributed by atoms with Crippen LogP contribution in [0.2, 0.25) is 0 Å². The average Bonchev–Trinajstić information content (AvgIpc) is 2.78. The van der Waals surface area contributed by atoms with E-state index in [1.54, 1.807) is 36.4 Å². The number of benzene rings is 3. The largest absolute Gasteiger partial charge is 0.504 e. The first-order valence-corrected chi connectivity index (χ1v) is 9.90. The van der Waals surface area contributed by atoms with Crippen molar-refractivity contribution in [3.05, 3.63) is 89.1 Å². The molecule has 160 valence electrons. The number of carbonyl (C=O) groups excluding carboxylic acids is 3. The SMILES string of the molecule is CC(=O)c1ccccc1-c1ccc2c(c1)/C(=C\NCc1ccc(O)c(O)c1)C(=O)NC2=O. The Kier molecular flexibility index (Phi) is 5.47. The summed E-state index contributed by atoms with van der Waals surface area (Å²) in [5.74, 6) is -1.57. The van der Waals surface area contributed by atoms with E-state index < -0.39 is 11.8 Å². The number of rotatable bonds is 5. The normalized spacial score (nSPS) is 14.1. The van der Waals surface area contributed by atoms with Gasteiger partial charge in [0, 0.05) is 29.4 Å². The first-order chi connectivity index (χ1) is 15.3. The summed E-state index contributed by atoms with van der Waals surface area (Å²) in [5.41, 5.74) is 3.74. The molecule has 0 unspecified atom stereocenters. The maximum atomic E-state index is 12.6. The summed E-state index contributed by atoms with van der Waals surface area (Å²) in [6.07, 6.45) is 1.51. The van der Waals surface area contributed by atoms with Crippen LogP contribution in [0.4, 0.5) is 0 Å². The smallest absolute Gasteiger partial charge is 0.260 e. The van der Waals surface area contributed by atoms with Gasteiger partial charge in [0.05, 0.1) is 5.57 Å². The van der Waals surface area contributed by atoms with Crippen molar-refractivity contribution in [2.45, 2.75) is 13.5 Å². The first kappa shape index (κ1) is 20.9. The van der Waals surface area contributed by atoms with E-state index in [4.69, 9.17) is 0 Å². The molecule has 1 heterocycles. The summed E-state index contributed by atoms with van der Waals surface area (Å²) in [6, 6.07) is 16.7. The zero-order valence-electron chi connectivity index (χ0n) is 17.2. The van der Waals surface area contributed by atoms with Gasteiger partial charge in [0.25, 0.3) is 11.8 Å². The molecule has 2 amide bonds. The van der Waals surface area contributed by atoms with Gasteiger partial charge < -0.3 is 15.5 Å². The zero-order valence-corrected chi connectivity index (χ0v) is 17.2. The van der Waals surface area contributed by atoms with E-state index in [1.807, 2.05) is 12.1 Å². The minimum atomic E-state index is -0.541. The number of hydrogen-bond donors (Lipinski definition) is 4. The molecule has 0 aromatic heterocycles. The number of Topliss-reactive ketones (excluding diaryl/α,β-unsaturated/α-hetero) is 1. The van der Waals surface area contributed by atoms with Crippen LogP contribution in [0.15, 0.2) is 66.9 Å². The van der Waals surface area contributed by atoms with Gasteiger partial charge >= 0.3 is 0 Å². The van der Waals surface area contributed by atoms with Crippen LogP contribution >= 0.6 is 0 Å². The molecule has 1 aliphatic heterocycles. The van der Waals surface area contributed by atoms with Crippen molar-refractivity contribution >= 4 is 23.2 Å². The molecule has 3 aromatic carbocycles. The van der Waals surface area contributed by atoms with Crippen LogP contribution in [-0.4, -0.2) is 27.8 Å². The molecule has 0 atom stereocenters. The predicted octanol–water partition coefficient (Wildman–Crippen LogP) is 3.37. The fourth-order valence-corrected chi connectivity index (χ4v) is 3.63. The minimum Gasteiger partial charge on any atom is -0.504 e. The van der Waals surface area contributed by atoms with Gasteiger partial charge in [0.15, 0.2) is 17.3 Å². The number of carbonyl (C=O) groups is 3. The third-order valence-electron chi connectivity index (χ3n) is 5.24. The van der Waals surface area contributed by atoms with Crippen molar-refractivity contribution in [2.24, 2.45) is 0 Å². The molecule has 0 saturated carbocycles. The summed E-state index contributed by atoms with van der Waals surface area (Å²) in [6.45, 7) is 1.77. The summed E-state index contributed by atoms with van der Waals surface area (Å²) >= 11 is 0. The number of fused-ring (bicyclic) bond motifs is 1. The van der Waals surface area contributed by atoms with E-state index in [0.29, 0.717) is 33.4 Å². The van der Waals surface area contributed by atoms with Crippen molar-refractivity contribution in [3.8, 4) is 22.6 Å². The number of phenols is 2. The molecule has 7 heteroatoms. The molecule has 0 fully saturated rings. The summed E-state index contributed by atoms with van der Waals surface area (Å²) < 4.78 is 0. The molecule has 1 aliphatic rings. The van der Waals surface area contributed by atoms with E-state index in [0.717, 1.165) is 0 Å². The Morgan fingerprint density at radius 3 is 2.44 bits per heavy atom. The molecule has 4 rings (SSSR count). The van der Waals surface area contributed by atoms with Crippen LogP contribution in [0.5, 0.6) is 11.5 Å². The highest BCUT2D eigenvalue weighted by atomic mass is 16.3. The van der Waals surface area contributed by atoms with Gasteiger partial charge in [-0.25, -0.2) is 0 Å². The molecule has 0 spiro atoms. The molecule has 0 saturated heterocycles. The Balaban J connectivity index is 1.71. The van der Waals surface area contributed by atoms with Crippen LogP contribution in [-0.2, 0) is 11.3 Å². The fraction of sp³-hybridized carbons (Fsp3) is 0.0800. The lowest BCUT2D eigenvalue weighted by molar-refractivity contribution is -0.114. The number of amides is 2. The van der Waals surface area contributed by atoms with Gasteiger partial charge in [0.1, 0.15) is 0 Å². The fourth-order valence-electron chi connectivity index (χ4n) is 3.63. The van der Waals surface area contributed by atoms with E-state index in [-0.39, 0.29) is 29.4 Å². The topological polar surface area (TPSA) is 116 Å². The molecule has 7 nitrogen and oxygen atoms in total. The Morgan fingerprint density at radius 2 is 1.69 bits per heavy atom. The van der Waals surface area contributed by atoms with Crippen molar-refractivity contribution in [3.63, 3.8) is 0 Å². The molecule has 0 bridgehead atoms. The van der Waals surface area contributed by atoms with E-state index in [1.165, 1.54) is 25.3 Å². The van der Waals surface area contributed by atoms with Gasteiger partial charge in [-0.2, -0.15) is 0 Å². The molecule has 32 heavy (non-hydrogen) atoms. The number of ketones is 1. The van der Waals surface area contributed by atoms with E-state index >= 15 is 0 Å². The maximum Gasteiger partial charge on any atom is 0.260 e. The number of imide groups is 1. The van der Waals surface area contributed by atoms with Crippen LogP contribution in [0.1, 0.15) is 38.8 Å². The Bertz CT molecular complexity index is 1290. The number of hydrogen-bond acceptors (Lipinski definition) is 6. The molecular weight excluding hydrogens is 408 g/mol. The van der Waals surface area contributed by atoms with Gasteiger partial charge in [-0.15, -0.1) is 0 Å². The van der Waals surface area contributed by atoms with E-state index in [9.17, 15) is 24.6 Å². The molecule has 3 aromatic rings. The van der Waals surface area contributed by atoms with Crippen LogP contribution in [0.3, 0.4) is 0 Å². The second kappa shape index (κ2) is 8.39. The number of phenolic OH excluding ortho intramolecular Hbond substituents is 2. The predicted molar refractivity (Wildman–Crippen MR) is 119 cm³/mol. The van der Waals surface area contributed by atoms with Crippen molar-refractivity contribution in [2.75, 3.05) is 0 Å². The van der Waals surface area contributed by atoms with Crippen molar-refractivity contribution in [1.29, 1.82) is 0 Å². The van der Waals surface area contributed by atoms with Gasteiger partial charge in [-0.1, -0.05) is 36.4 Å². The molecule has 0 aliphatic carbocycles.